The molecule has 0 aromatic heterocycles. The molecule has 0 unspecified atom stereocenters. The Morgan fingerprint density at radius 3 is 2.38 bits per heavy atom. The van der Waals surface area contributed by atoms with Gasteiger partial charge in [0.15, 0.2) is 0 Å². The fraction of sp³-hybridized carbons (Fsp3) is 0.909. The third-order valence-electron chi connectivity index (χ3n) is 2.77. The zero-order chi connectivity index (χ0) is 9.52. The van der Waals surface area contributed by atoms with Crippen LogP contribution in [0, 0.1) is 5.92 Å². The zero-order valence-corrected chi connectivity index (χ0v) is 8.59. The third-order valence-corrected chi connectivity index (χ3v) is 2.77. The summed E-state index contributed by atoms with van der Waals surface area (Å²) in [5, 5.41) is 3.91. The largest absolute Gasteiger partial charge is 0.273 e. The smallest absolute Gasteiger partial charge is 0.241 e. The van der Waals surface area contributed by atoms with E-state index >= 15 is 0 Å². The van der Waals surface area contributed by atoms with E-state index in [0.717, 1.165) is 0 Å². The lowest BCUT2D eigenvalue weighted by atomic mass is 9.96. The molecule has 1 amide bonds. The van der Waals surface area contributed by atoms with Crippen molar-refractivity contribution in [1.29, 1.82) is 0 Å². The minimum absolute atomic E-state index is 0.120. The van der Waals surface area contributed by atoms with E-state index in [2.05, 4.69) is 5.32 Å². The maximum Gasteiger partial charge on any atom is 0.241 e. The second kappa shape index (κ2) is 6.01. The summed E-state index contributed by atoms with van der Waals surface area (Å²) in [6.45, 7) is 2.57. The van der Waals surface area contributed by atoms with E-state index in [-0.39, 0.29) is 5.91 Å². The second-order valence-electron chi connectivity index (χ2n) is 3.93. The van der Waals surface area contributed by atoms with E-state index < -0.39 is 0 Å². The lowest BCUT2D eigenvalue weighted by Gasteiger charge is -2.11. The molecule has 0 saturated heterocycles. The van der Waals surface area contributed by atoms with E-state index in [1.54, 1.807) is 0 Å². The molecule has 0 atom stereocenters. The van der Waals surface area contributed by atoms with Gasteiger partial charge in [-0.1, -0.05) is 25.7 Å². The van der Waals surface area contributed by atoms with Crippen molar-refractivity contribution in [1.82, 2.24) is 5.32 Å². The summed E-state index contributed by atoms with van der Waals surface area (Å²) in [5.74, 6) is 0.750. The van der Waals surface area contributed by atoms with Crippen molar-refractivity contribution in [3.05, 3.63) is 0 Å². The van der Waals surface area contributed by atoms with Gasteiger partial charge < -0.3 is 0 Å². The molecule has 13 heavy (non-hydrogen) atoms. The molecule has 2 nitrogen and oxygen atoms in total. The Bertz CT molecular complexity index is 148. The topological polar surface area (TPSA) is 31.2 Å². The molecular formula is C11H20NO. The number of hydrogen-bond donors (Lipinski definition) is 0. The highest BCUT2D eigenvalue weighted by Crippen LogP contribution is 2.25. The average molecular weight is 182 g/mol. The molecule has 1 aliphatic carbocycles. The summed E-state index contributed by atoms with van der Waals surface area (Å²) in [5.41, 5.74) is 0. The zero-order valence-electron chi connectivity index (χ0n) is 8.59. The first-order chi connectivity index (χ1) is 6.33. The maximum atomic E-state index is 11.3. The van der Waals surface area contributed by atoms with E-state index in [4.69, 9.17) is 0 Å². The molecule has 1 radical (unpaired) electrons. The summed E-state index contributed by atoms with van der Waals surface area (Å²) < 4.78 is 0. The Morgan fingerprint density at radius 2 is 1.85 bits per heavy atom. The number of carbonyl (C=O) groups is 1. The molecule has 0 spiro atoms. The van der Waals surface area contributed by atoms with Crippen molar-refractivity contribution in [2.45, 2.75) is 51.9 Å². The standard InChI is InChI=1S/C11H20NO/c1-2-12-11(13)9-10-7-5-3-4-6-8-10/h10H,2-9H2,1H3. The number of amides is 1. The molecule has 75 valence electrons. The van der Waals surface area contributed by atoms with Gasteiger partial charge in [-0.3, -0.25) is 10.1 Å². The number of rotatable bonds is 3. The van der Waals surface area contributed by atoms with Gasteiger partial charge in [-0.15, -0.1) is 0 Å². The fourth-order valence-electron chi connectivity index (χ4n) is 2.06. The summed E-state index contributed by atoms with van der Waals surface area (Å²) in [7, 11) is 0. The molecule has 1 fully saturated rings. The lowest BCUT2D eigenvalue weighted by molar-refractivity contribution is -0.122. The van der Waals surface area contributed by atoms with E-state index in [0.29, 0.717) is 18.9 Å². The predicted octanol–water partition coefficient (Wildman–Crippen LogP) is 2.50. The SMILES string of the molecule is CC[N]C(=O)CC1CCCCCC1. The molecule has 0 bridgehead atoms. The van der Waals surface area contributed by atoms with Crippen LogP contribution in [-0.4, -0.2) is 12.5 Å². The quantitative estimate of drug-likeness (QED) is 0.617. The van der Waals surface area contributed by atoms with Crippen LogP contribution in [-0.2, 0) is 4.79 Å². The van der Waals surface area contributed by atoms with E-state index in [1.165, 1.54) is 38.5 Å². The van der Waals surface area contributed by atoms with Crippen LogP contribution in [0.5, 0.6) is 0 Å². The Kier molecular flexibility index (Phi) is 4.87. The van der Waals surface area contributed by atoms with Crippen LogP contribution in [0.2, 0.25) is 0 Å². The lowest BCUT2D eigenvalue weighted by Crippen LogP contribution is -2.18. The highest BCUT2D eigenvalue weighted by molar-refractivity contribution is 5.75. The minimum Gasteiger partial charge on any atom is -0.273 e. The van der Waals surface area contributed by atoms with Gasteiger partial charge in [0.2, 0.25) is 5.91 Å². The third kappa shape index (κ3) is 4.30. The van der Waals surface area contributed by atoms with Crippen LogP contribution in [0.4, 0.5) is 0 Å². The molecule has 0 heterocycles. The van der Waals surface area contributed by atoms with Gasteiger partial charge in [-0.05, 0) is 25.7 Å². The van der Waals surface area contributed by atoms with Crippen LogP contribution in [0.25, 0.3) is 0 Å². The summed E-state index contributed by atoms with van der Waals surface area (Å²) >= 11 is 0. The normalized spacial score (nSPS) is 19.5. The fourth-order valence-corrected chi connectivity index (χ4v) is 2.06. The van der Waals surface area contributed by atoms with Gasteiger partial charge in [-0.2, -0.15) is 0 Å². The highest BCUT2D eigenvalue weighted by Gasteiger charge is 2.15. The second-order valence-corrected chi connectivity index (χ2v) is 3.93. The molecule has 1 rings (SSSR count). The van der Waals surface area contributed by atoms with Crippen LogP contribution in [0.3, 0.4) is 0 Å². The van der Waals surface area contributed by atoms with Gasteiger partial charge in [0.25, 0.3) is 0 Å². The monoisotopic (exact) mass is 182 g/mol. The van der Waals surface area contributed by atoms with Gasteiger partial charge in [0.1, 0.15) is 0 Å². The van der Waals surface area contributed by atoms with Crippen molar-refractivity contribution in [2.75, 3.05) is 6.54 Å². The van der Waals surface area contributed by atoms with Crippen LogP contribution in [0.1, 0.15) is 51.9 Å². The molecule has 1 saturated carbocycles. The first-order valence-electron chi connectivity index (χ1n) is 5.53. The number of carbonyl (C=O) groups excluding carboxylic acids is 1. The van der Waals surface area contributed by atoms with Crippen molar-refractivity contribution in [2.24, 2.45) is 5.92 Å². The molecular weight excluding hydrogens is 162 g/mol. The van der Waals surface area contributed by atoms with Gasteiger partial charge in [0, 0.05) is 13.0 Å². The highest BCUT2D eigenvalue weighted by atomic mass is 16.1. The Balaban J connectivity index is 2.21. The first-order valence-corrected chi connectivity index (χ1v) is 5.53. The van der Waals surface area contributed by atoms with Crippen molar-refractivity contribution in [3.8, 4) is 0 Å². The Hall–Kier alpha value is -0.530. The Labute approximate surface area is 81.1 Å². The summed E-state index contributed by atoms with van der Waals surface area (Å²) in [6, 6.07) is 0. The van der Waals surface area contributed by atoms with Gasteiger partial charge in [-0.25, -0.2) is 0 Å². The van der Waals surface area contributed by atoms with E-state index in [9.17, 15) is 4.79 Å². The van der Waals surface area contributed by atoms with Crippen molar-refractivity contribution in [3.63, 3.8) is 0 Å². The maximum absolute atomic E-state index is 11.3. The minimum atomic E-state index is 0.120. The molecule has 0 aromatic carbocycles. The summed E-state index contributed by atoms with van der Waals surface area (Å²) in [4.78, 5) is 11.3. The van der Waals surface area contributed by atoms with Crippen molar-refractivity contribution < 1.29 is 4.79 Å². The first kappa shape index (κ1) is 10.6. The number of hydrogen-bond acceptors (Lipinski definition) is 1. The average Bonchev–Trinajstić information content (AvgIpc) is 2.33. The van der Waals surface area contributed by atoms with Crippen LogP contribution >= 0.6 is 0 Å². The van der Waals surface area contributed by atoms with Crippen LogP contribution < -0.4 is 5.32 Å². The molecule has 1 aliphatic rings. The molecule has 2 heteroatoms. The van der Waals surface area contributed by atoms with Gasteiger partial charge in [0.05, 0.1) is 0 Å². The van der Waals surface area contributed by atoms with Gasteiger partial charge >= 0.3 is 0 Å². The molecule has 0 aromatic rings. The summed E-state index contributed by atoms with van der Waals surface area (Å²) in [6.07, 6.45) is 8.52. The predicted molar refractivity (Wildman–Crippen MR) is 53.5 cm³/mol. The number of nitrogens with zero attached hydrogens (tertiary/aromatic N) is 1. The van der Waals surface area contributed by atoms with E-state index in [1.807, 2.05) is 6.92 Å². The van der Waals surface area contributed by atoms with Crippen molar-refractivity contribution >= 4 is 5.91 Å². The Morgan fingerprint density at radius 1 is 1.23 bits per heavy atom. The van der Waals surface area contributed by atoms with Crippen LogP contribution in [0.15, 0.2) is 0 Å². The molecule has 0 aliphatic heterocycles. The molecule has 0 N–H and O–H groups in total.